The van der Waals surface area contributed by atoms with Crippen molar-refractivity contribution in [2.45, 2.75) is 78.9 Å². The minimum atomic E-state index is -0.714. The monoisotopic (exact) mass is 803 g/mol. The number of nitrogens with zero attached hydrogens (tertiary/aromatic N) is 3. The molecule has 2 aromatic carbocycles. The van der Waals surface area contributed by atoms with Crippen LogP contribution in [0.5, 0.6) is 0 Å². The molecule has 5 rings (SSSR count). The second-order valence-electron chi connectivity index (χ2n) is 14.2. The number of methoxy groups -OCH3 is 1. The number of aryl methyl sites for hydroxylation is 1. The second-order valence-corrected chi connectivity index (χ2v) is 14.2. The number of amides is 3. The van der Waals surface area contributed by atoms with Gasteiger partial charge < -0.3 is 40.9 Å². The molecule has 2 aromatic heterocycles. The normalized spacial score (nSPS) is 15.2. The lowest BCUT2D eigenvalue weighted by Gasteiger charge is -2.38. The third kappa shape index (κ3) is 12.8. The average molecular weight is 804 g/mol. The van der Waals surface area contributed by atoms with E-state index >= 15 is 0 Å². The van der Waals surface area contributed by atoms with Gasteiger partial charge in [0.1, 0.15) is 29.8 Å². The number of aromatic nitrogens is 4. The molecule has 1 aliphatic heterocycles. The van der Waals surface area contributed by atoms with Crippen molar-refractivity contribution >= 4 is 28.9 Å². The quantitative estimate of drug-likeness (QED) is 0.0434. The molecule has 13 nitrogen and oxygen atoms in total. The topological polar surface area (TPSA) is 169 Å². The van der Waals surface area contributed by atoms with Gasteiger partial charge in [-0.1, -0.05) is 89.5 Å². The van der Waals surface area contributed by atoms with Gasteiger partial charge in [-0.15, -0.1) is 0 Å². The van der Waals surface area contributed by atoms with Crippen molar-refractivity contribution in [2.24, 2.45) is 5.92 Å². The van der Waals surface area contributed by atoms with Gasteiger partial charge in [0.15, 0.2) is 0 Å². The fraction of sp³-hybridized carbons (Fsp3) is 0.413. The van der Waals surface area contributed by atoms with Crippen molar-refractivity contribution in [3.05, 3.63) is 108 Å². The molecule has 6 N–H and O–H groups in total. The van der Waals surface area contributed by atoms with Crippen molar-refractivity contribution in [3.63, 3.8) is 0 Å². The van der Waals surface area contributed by atoms with Crippen molar-refractivity contribution in [1.82, 2.24) is 46.1 Å². The zero-order chi connectivity index (χ0) is 42.7. The second kappa shape index (κ2) is 23.4. The molecule has 0 spiro atoms. The predicted molar refractivity (Wildman–Crippen MR) is 235 cm³/mol. The maximum atomic E-state index is 13.6. The van der Waals surface area contributed by atoms with E-state index < -0.39 is 18.2 Å². The summed E-state index contributed by atoms with van der Waals surface area (Å²) in [5.41, 5.74) is 6.22. The van der Waals surface area contributed by atoms with E-state index in [0.29, 0.717) is 38.5 Å². The third-order valence-corrected chi connectivity index (χ3v) is 9.72. The van der Waals surface area contributed by atoms with Crippen molar-refractivity contribution in [2.75, 3.05) is 39.8 Å². The fourth-order valence-electron chi connectivity index (χ4n) is 6.75. The summed E-state index contributed by atoms with van der Waals surface area (Å²) < 4.78 is 4.76. The maximum Gasteiger partial charge on any atom is 0.407 e. The molecule has 314 valence electrons. The lowest BCUT2D eigenvalue weighted by molar-refractivity contribution is -0.138. The summed E-state index contributed by atoms with van der Waals surface area (Å²) in [5.74, 6) is 7.77. The van der Waals surface area contributed by atoms with E-state index in [1.54, 1.807) is 17.2 Å². The molecule has 1 fully saturated rings. The Hall–Kier alpha value is -5.97. The molecule has 59 heavy (non-hydrogen) atoms. The number of carbonyl (C=O) groups is 3. The van der Waals surface area contributed by atoms with E-state index in [-0.39, 0.29) is 23.8 Å². The van der Waals surface area contributed by atoms with Gasteiger partial charge in [0, 0.05) is 43.7 Å². The van der Waals surface area contributed by atoms with Crippen LogP contribution in [-0.4, -0.2) is 94.7 Å². The van der Waals surface area contributed by atoms with E-state index in [4.69, 9.17) is 9.72 Å². The molecule has 0 radical (unpaired) electrons. The summed E-state index contributed by atoms with van der Waals surface area (Å²) in [5, 5.41) is 12.4. The van der Waals surface area contributed by atoms with Crippen molar-refractivity contribution < 1.29 is 19.1 Å². The molecule has 3 atom stereocenters. The molecular formula is C46H61N9O4. The summed E-state index contributed by atoms with van der Waals surface area (Å²) in [6.45, 7) is 18.4. The Kier molecular flexibility index (Phi) is 18.2. The molecule has 3 heterocycles. The molecule has 3 amide bonds. The van der Waals surface area contributed by atoms with Crippen LogP contribution in [0.15, 0.2) is 85.1 Å². The lowest BCUT2D eigenvalue weighted by atomic mass is 10.0. The summed E-state index contributed by atoms with van der Waals surface area (Å²) in [7, 11) is 1.29. The number of alkyl carbamates (subject to hydrolysis) is 1. The molecular weight excluding hydrogens is 743 g/mol. The number of unbranched alkanes of at least 4 members (excludes halogenated alkanes) is 1. The standard InChI is InChI=1S/C44H55N9O4.C2H6/c1-7-12-33(13-8-2)40(46-9-3)42(54)47-23-11-10-14-38-49-34-22-19-31(26-35(34)50-38)16-15-30-17-20-32(21-18-30)36-27-48-41(51-36)37-28-45-24-25-53(37)43(55)39(29(4)5)52-44(56)57-6;1-2/h7-8,12-13,17-22,26-27,29,37,39-40,45-46H,1,9-11,14,23-25,28H2,2-6H3,(H,47,54)(H,48,51)(H,49,50)(H,52,56);1-2H3/b13-8-,33-12+;. The number of imidazole rings is 2. The van der Waals surface area contributed by atoms with Gasteiger partial charge in [-0.25, -0.2) is 14.8 Å². The van der Waals surface area contributed by atoms with Crippen molar-refractivity contribution in [3.8, 4) is 23.1 Å². The van der Waals surface area contributed by atoms with Crippen LogP contribution >= 0.6 is 0 Å². The Bertz CT molecular complexity index is 2120. The SMILES string of the molecule is C=C/C=C(\C=C/C)C(NCC)C(=O)NCCCCc1nc2ccc(C#Cc3ccc(-c4cnc(C5CNCCN5C(=O)C(NC(=O)OC)C(C)C)[nH]4)cc3)cc2[nH]1.CC. The highest BCUT2D eigenvalue weighted by atomic mass is 16.5. The fourth-order valence-corrected chi connectivity index (χ4v) is 6.75. The third-order valence-electron chi connectivity index (χ3n) is 9.72. The first-order chi connectivity index (χ1) is 28.6. The van der Waals surface area contributed by atoms with Crippen LogP contribution in [0, 0.1) is 17.8 Å². The minimum absolute atomic E-state index is 0.0490. The van der Waals surface area contributed by atoms with Crippen LogP contribution < -0.4 is 21.3 Å². The molecule has 0 saturated carbocycles. The highest BCUT2D eigenvalue weighted by Crippen LogP contribution is 2.26. The van der Waals surface area contributed by atoms with Crippen LogP contribution in [0.1, 0.15) is 83.2 Å². The molecule has 4 aromatic rings. The Morgan fingerprint density at radius 2 is 1.81 bits per heavy atom. The van der Waals surface area contributed by atoms with E-state index in [1.165, 1.54) is 7.11 Å². The number of nitrogens with one attached hydrogen (secondary N) is 6. The summed E-state index contributed by atoms with van der Waals surface area (Å²) in [4.78, 5) is 56.5. The first-order valence-corrected chi connectivity index (χ1v) is 20.6. The number of piperazine rings is 1. The Morgan fingerprint density at radius 1 is 1.07 bits per heavy atom. The Labute approximate surface area is 349 Å². The van der Waals surface area contributed by atoms with E-state index in [1.807, 2.05) is 102 Å². The number of benzene rings is 2. The molecule has 3 unspecified atom stereocenters. The van der Waals surface area contributed by atoms with E-state index in [2.05, 4.69) is 54.6 Å². The zero-order valence-corrected chi connectivity index (χ0v) is 35.6. The number of rotatable bonds is 16. The summed E-state index contributed by atoms with van der Waals surface area (Å²) in [6, 6.07) is 12.5. The smallest absolute Gasteiger partial charge is 0.407 e. The van der Waals surface area contributed by atoms with Crippen LogP contribution in [-0.2, 0) is 20.7 Å². The minimum Gasteiger partial charge on any atom is -0.453 e. The summed E-state index contributed by atoms with van der Waals surface area (Å²) >= 11 is 0. The van der Waals surface area contributed by atoms with Gasteiger partial charge >= 0.3 is 6.09 Å². The van der Waals surface area contributed by atoms with Gasteiger partial charge in [-0.2, -0.15) is 0 Å². The first kappa shape index (κ1) is 45.7. The van der Waals surface area contributed by atoms with Crippen LogP contribution in [0.25, 0.3) is 22.3 Å². The number of ether oxygens (including phenoxy) is 1. The summed E-state index contributed by atoms with van der Waals surface area (Å²) in [6.07, 6.45) is 11.0. The van der Waals surface area contributed by atoms with Crippen LogP contribution in [0.2, 0.25) is 0 Å². The van der Waals surface area contributed by atoms with Gasteiger partial charge in [0.2, 0.25) is 11.8 Å². The Balaban J connectivity index is 0.00000378. The number of allylic oxidation sites excluding steroid dienone is 3. The zero-order valence-electron chi connectivity index (χ0n) is 35.6. The largest absolute Gasteiger partial charge is 0.453 e. The number of carbonyl (C=O) groups excluding carboxylic acids is 3. The number of H-pyrrole nitrogens is 2. The molecule has 0 aliphatic carbocycles. The Morgan fingerprint density at radius 3 is 2.51 bits per heavy atom. The van der Waals surface area contributed by atoms with E-state index in [0.717, 1.165) is 64.1 Å². The van der Waals surface area contributed by atoms with Crippen LogP contribution in [0.4, 0.5) is 4.79 Å². The molecule has 0 bridgehead atoms. The highest BCUT2D eigenvalue weighted by Gasteiger charge is 2.36. The molecule has 13 heteroatoms. The lowest BCUT2D eigenvalue weighted by Crippen LogP contribution is -2.57. The van der Waals surface area contributed by atoms with Gasteiger partial charge in [-0.3, -0.25) is 9.59 Å². The number of hydrogen-bond acceptors (Lipinski definition) is 8. The highest BCUT2D eigenvalue weighted by molar-refractivity contribution is 5.87. The van der Waals surface area contributed by atoms with Gasteiger partial charge in [-0.05, 0) is 73.7 Å². The van der Waals surface area contributed by atoms with Gasteiger partial charge in [0.25, 0.3) is 0 Å². The average Bonchev–Trinajstić information content (AvgIpc) is 3.92. The number of fused-ring (bicyclic) bond motifs is 1. The predicted octanol–water partition coefficient (Wildman–Crippen LogP) is 6.34. The first-order valence-electron chi connectivity index (χ1n) is 20.6. The molecule has 1 aliphatic rings. The number of hydrogen-bond donors (Lipinski definition) is 6. The molecule has 1 saturated heterocycles. The van der Waals surface area contributed by atoms with E-state index in [9.17, 15) is 14.4 Å². The number of likely N-dealkylation sites (N-methyl/N-ethyl adjacent to an activating group) is 1. The van der Waals surface area contributed by atoms with Crippen molar-refractivity contribution in [1.29, 1.82) is 0 Å². The maximum absolute atomic E-state index is 13.6. The van der Waals surface area contributed by atoms with Gasteiger partial charge in [0.05, 0.1) is 30.0 Å². The number of aromatic amines is 2. The van der Waals surface area contributed by atoms with Crippen LogP contribution in [0.3, 0.4) is 0 Å².